The number of hydrogen-bond donors (Lipinski definition) is 0. The molecule has 1 aromatic heterocycles. The lowest BCUT2D eigenvalue weighted by Crippen LogP contribution is -2.44. The van der Waals surface area contributed by atoms with Crippen LogP contribution in [0.5, 0.6) is 11.5 Å². The lowest BCUT2D eigenvalue weighted by molar-refractivity contribution is -0.698. The Balaban J connectivity index is 1.45. The van der Waals surface area contributed by atoms with Gasteiger partial charge in [-0.05, 0) is 42.3 Å². The second-order valence-corrected chi connectivity index (χ2v) is 11.9. The summed E-state index contributed by atoms with van der Waals surface area (Å²) in [5.74, 6) is 1.43. The minimum atomic E-state index is -0.0256. The number of hydrogen-bond acceptors (Lipinski definition) is 3. The molecule has 0 spiro atoms. The molecule has 2 aromatic carbocycles. The highest BCUT2D eigenvalue weighted by atomic mass is 16.5. The predicted molar refractivity (Wildman–Crippen MR) is 183 cm³/mol. The van der Waals surface area contributed by atoms with Gasteiger partial charge >= 0.3 is 5.91 Å². The van der Waals surface area contributed by atoms with Crippen molar-refractivity contribution in [1.82, 2.24) is 0 Å². The van der Waals surface area contributed by atoms with E-state index < -0.39 is 0 Å². The van der Waals surface area contributed by atoms with Crippen molar-refractivity contribution in [2.75, 3.05) is 18.6 Å². The number of methoxy groups -OCH3 is 1. The van der Waals surface area contributed by atoms with Crippen LogP contribution in [0.25, 0.3) is 0 Å². The second-order valence-electron chi connectivity index (χ2n) is 11.9. The Hall–Kier alpha value is -3.34. The van der Waals surface area contributed by atoms with Crippen molar-refractivity contribution in [3.63, 3.8) is 0 Å². The van der Waals surface area contributed by atoms with Gasteiger partial charge in [-0.25, -0.2) is 0 Å². The number of pyridine rings is 1. The Morgan fingerprint density at radius 1 is 0.682 bits per heavy atom. The van der Waals surface area contributed by atoms with E-state index in [0.717, 1.165) is 36.4 Å². The normalized spacial score (nSPS) is 11.0. The van der Waals surface area contributed by atoms with Gasteiger partial charge in [-0.2, -0.15) is 4.57 Å². The van der Waals surface area contributed by atoms with Crippen LogP contribution in [-0.4, -0.2) is 19.6 Å². The number of benzene rings is 2. The van der Waals surface area contributed by atoms with E-state index in [1.54, 1.807) is 7.11 Å². The molecule has 240 valence electrons. The number of carbonyl (C=O) groups is 1. The maximum absolute atomic E-state index is 13.9. The summed E-state index contributed by atoms with van der Waals surface area (Å²) in [4.78, 5) is 15.7. The number of nitrogens with zero attached hydrogens (tertiary/aromatic N) is 2. The number of carbonyl (C=O) groups excluding carboxylic acids is 1. The zero-order valence-corrected chi connectivity index (χ0v) is 27.8. The van der Waals surface area contributed by atoms with Crippen LogP contribution >= 0.6 is 0 Å². The van der Waals surface area contributed by atoms with Gasteiger partial charge in [0.25, 0.3) is 5.69 Å². The Morgan fingerprint density at radius 2 is 1.30 bits per heavy atom. The number of aromatic nitrogens is 1. The molecule has 1 heterocycles. The zero-order valence-electron chi connectivity index (χ0n) is 27.8. The van der Waals surface area contributed by atoms with Gasteiger partial charge in [0, 0.05) is 24.2 Å². The molecule has 0 unspecified atom stereocenters. The molecule has 3 aromatic rings. The first kappa shape index (κ1) is 35.1. The summed E-state index contributed by atoms with van der Waals surface area (Å²) >= 11 is 0. The van der Waals surface area contributed by atoms with Gasteiger partial charge < -0.3 is 9.47 Å². The fourth-order valence-corrected chi connectivity index (χ4v) is 5.72. The van der Waals surface area contributed by atoms with Crippen LogP contribution < -0.4 is 18.9 Å². The van der Waals surface area contributed by atoms with Crippen LogP contribution in [0.4, 0.5) is 5.69 Å². The Labute approximate surface area is 267 Å². The molecular formula is C39H57N2O3+. The summed E-state index contributed by atoms with van der Waals surface area (Å²) in [5, 5.41) is 0. The highest BCUT2D eigenvalue weighted by Gasteiger charge is 2.26. The third kappa shape index (κ3) is 12.3. The maximum atomic E-state index is 13.9. The molecule has 44 heavy (non-hydrogen) atoms. The van der Waals surface area contributed by atoms with Crippen LogP contribution in [0.15, 0.2) is 72.9 Å². The van der Waals surface area contributed by atoms with Crippen molar-refractivity contribution in [2.24, 2.45) is 0 Å². The summed E-state index contributed by atoms with van der Waals surface area (Å²) in [6.45, 7) is 6.32. The second kappa shape index (κ2) is 21.4. The van der Waals surface area contributed by atoms with E-state index in [1.807, 2.05) is 82.4 Å². The van der Waals surface area contributed by atoms with Gasteiger partial charge in [0.1, 0.15) is 6.54 Å². The Bertz CT molecular complexity index is 1200. The topological polar surface area (TPSA) is 42.7 Å². The van der Waals surface area contributed by atoms with E-state index in [0.29, 0.717) is 24.6 Å². The van der Waals surface area contributed by atoms with Gasteiger partial charge in [0.05, 0.1) is 20.3 Å². The van der Waals surface area contributed by atoms with Crippen molar-refractivity contribution in [2.45, 2.75) is 123 Å². The lowest BCUT2D eigenvalue weighted by Gasteiger charge is -2.23. The number of aryl methyl sites for hydroxylation is 1. The van der Waals surface area contributed by atoms with Crippen LogP contribution in [0.2, 0.25) is 0 Å². The van der Waals surface area contributed by atoms with Gasteiger partial charge in [-0.1, -0.05) is 122 Å². The Morgan fingerprint density at radius 3 is 1.91 bits per heavy atom. The molecule has 3 rings (SSSR count). The molecule has 0 aliphatic rings. The summed E-state index contributed by atoms with van der Waals surface area (Å²) in [7, 11) is 1.68. The molecule has 0 saturated carbocycles. The number of amides is 1. The van der Waals surface area contributed by atoms with E-state index >= 15 is 0 Å². The number of para-hydroxylation sites is 1. The quantitative estimate of drug-likeness (QED) is 0.0802. The fourth-order valence-electron chi connectivity index (χ4n) is 5.72. The number of unbranched alkanes of at least 4 members (excludes halogenated alkanes) is 13. The van der Waals surface area contributed by atoms with Crippen LogP contribution in [0.3, 0.4) is 0 Å². The smallest absolute Gasteiger partial charge is 0.323 e. The highest BCUT2D eigenvalue weighted by molar-refractivity contribution is 6.03. The zero-order chi connectivity index (χ0) is 31.2. The number of rotatable bonds is 23. The summed E-state index contributed by atoms with van der Waals surface area (Å²) in [6, 6.07) is 21.7. The van der Waals surface area contributed by atoms with E-state index in [-0.39, 0.29) is 5.91 Å². The Kier molecular flexibility index (Phi) is 17.1. The molecule has 5 nitrogen and oxygen atoms in total. The van der Waals surface area contributed by atoms with Gasteiger partial charge in [-0.15, -0.1) is 0 Å². The predicted octanol–water partition coefficient (Wildman–Crippen LogP) is 10.1. The summed E-state index contributed by atoms with van der Waals surface area (Å²) < 4.78 is 13.9. The summed E-state index contributed by atoms with van der Waals surface area (Å²) in [6.07, 6.45) is 21.8. The van der Waals surface area contributed by atoms with Crippen molar-refractivity contribution in [3.05, 3.63) is 84.2 Å². The first-order valence-electron chi connectivity index (χ1n) is 17.3. The molecule has 0 N–H and O–H groups in total. The van der Waals surface area contributed by atoms with E-state index in [1.165, 1.54) is 83.5 Å². The monoisotopic (exact) mass is 601 g/mol. The molecular weight excluding hydrogens is 544 g/mol. The third-order valence-corrected chi connectivity index (χ3v) is 8.26. The molecule has 0 aliphatic heterocycles. The molecule has 0 aliphatic carbocycles. The summed E-state index contributed by atoms with van der Waals surface area (Å²) in [5.41, 5.74) is 2.53. The molecule has 0 radical (unpaired) electrons. The number of ether oxygens (including phenoxy) is 2. The van der Waals surface area contributed by atoms with Crippen molar-refractivity contribution >= 4 is 11.6 Å². The standard InChI is InChI=1S/C39H57N2O3/c1-4-6-7-8-9-10-11-12-13-14-15-16-17-23-31-44-37-28-27-34(32-38(37)43-3)33-41(35-24-19-18-20-25-35)39(42)36-26-21-22-30-40(36)29-5-2/h18-22,24-28,30,32H,4-17,23,29,31,33H2,1-3H3/q+1. The first-order valence-corrected chi connectivity index (χ1v) is 17.3. The van der Waals surface area contributed by atoms with Gasteiger partial charge in [0.2, 0.25) is 0 Å². The largest absolute Gasteiger partial charge is 0.493 e. The molecule has 5 heteroatoms. The van der Waals surface area contributed by atoms with Gasteiger partial charge in [0.15, 0.2) is 17.7 Å². The first-order chi connectivity index (χ1) is 21.7. The van der Waals surface area contributed by atoms with Gasteiger partial charge in [-0.3, -0.25) is 9.69 Å². The van der Waals surface area contributed by atoms with Crippen molar-refractivity contribution in [1.29, 1.82) is 0 Å². The SMILES string of the molecule is CCCCCCCCCCCCCCCCOc1ccc(CN(C(=O)c2cccc[n+]2CCC)c2ccccc2)cc1OC. The van der Waals surface area contributed by atoms with Crippen LogP contribution in [0.1, 0.15) is 126 Å². The van der Waals surface area contributed by atoms with Crippen molar-refractivity contribution in [3.8, 4) is 11.5 Å². The fraction of sp³-hybridized carbons (Fsp3) is 0.538. The minimum Gasteiger partial charge on any atom is -0.493 e. The van der Waals surface area contributed by atoms with Crippen LogP contribution in [0, 0.1) is 0 Å². The highest BCUT2D eigenvalue weighted by Crippen LogP contribution is 2.30. The average molecular weight is 602 g/mol. The van der Waals surface area contributed by atoms with Crippen LogP contribution in [-0.2, 0) is 13.1 Å². The van der Waals surface area contributed by atoms with E-state index in [2.05, 4.69) is 13.8 Å². The molecule has 0 atom stereocenters. The molecule has 0 saturated heterocycles. The van der Waals surface area contributed by atoms with E-state index in [9.17, 15) is 4.79 Å². The molecule has 0 fully saturated rings. The lowest BCUT2D eigenvalue weighted by atomic mass is 10.0. The van der Waals surface area contributed by atoms with Crippen molar-refractivity contribution < 1.29 is 18.8 Å². The molecule has 1 amide bonds. The maximum Gasteiger partial charge on any atom is 0.323 e. The number of anilines is 1. The average Bonchev–Trinajstić information content (AvgIpc) is 3.06. The molecule has 0 bridgehead atoms. The minimum absolute atomic E-state index is 0.0256. The third-order valence-electron chi connectivity index (χ3n) is 8.26. The van der Waals surface area contributed by atoms with E-state index in [4.69, 9.17) is 9.47 Å².